The average Bonchev–Trinajstić information content (AvgIpc) is 2.38. The molecule has 2 heterocycles. The quantitative estimate of drug-likeness (QED) is 0.835. The largest absolute Gasteiger partial charge is 0.313 e. The second-order valence-corrected chi connectivity index (χ2v) is 3.58. The highest BCUT2D eigenvalue weighted by Crippen LogP contribution is 2.15. The zero-order valence-corrected chi connectivity index (χ0v) is 9.17. The molecule has 0 saturated heterocycles. The van der Waals surface area contributed by atoms with Crippen LogP contribution in [0.25, 0.3) is 0 Å². The summed E-state index contributed by atoms with van der Waals surface area (Å²) in [5, 5.41) is 10.9. The molecule has 1 N–H and O–H groups in total. The first-order valence-corrected chi connectivity index (χ1v) is 5.23. The summed E-state index contributed by atoms with van der Waals surface area (Å²) in [5.74, 6) is 0. The summed E-state index contributed by atoms with van der Waals surface area (Å²) in [4.78, 5) is 4.11. The van der Waals surface area contributed by atoms with Crippen LogP contribution < -0.4 is 5.32 Å². The Morgan fingerprint density at radius 2 is 2.12 bits per heavy atom. The molecule has 0 aliphatic carbocycles. The zero-order valence-electron chi connectivity index (χ0n) is 9.17. The summed E-state index contributed by atoms with van der Waals surface area (Å²) in [6.45, 7) is 0. The molecular weight excluding hydrogens is 200 g/mol. The lowest BCUT2D eigenvalue weighted by Gasteiger charge is -2.15. The third kappa shape index (κ3) is 2.61. The van der Waals surface area contributed by atoms with E-state index in [9.17, 15) is 0 Å². The number of nitrogens with zero attached hydrogens (tertiary/aromatic N) is 3. The van der Waals surface area contributed by atoms with Gasteiger partial charge in [-0.3, -0.25) is 4.98 Å². The Labute approximate surface area is 94.8 Å². The number of rotatable bonds is 4. The van der Waals surface area contributed by atoms with E-state index >= 15 is 0 Å². The Balaban J connectivity index is 2.13. The van der Waals surface area contributed by atoms with Crippen LogP contribution in [0.5, 0.6) is 0 Å². The number of nitrogens with one attached hydrogen (secondary N) is 1. The normalized spacial score (nSPS) is 12.3. The van der Waals surface area contributed by atoms with Crippen LogP contribution in [0.4, 0.5) is 0 Å². The Morgan fingerprint density at radius 3 is 2.75 bits per heavy atom. The van der Waals surface area contributed by atoms with E-state index < -0.39 is 0 Å². The maximum absolute atomic E-state index is 4.11. The summed E-state index contributed by atoms with van der Waals surface area (Å²) >= 11 is 0. The van der Waals surface area contributed by atoms with Gasteiger partial charge in [-0.2, -0.15) is 10.2 Å². The highest BCUT2D eigenvalue weighted by atomic mass is 15.1. The number of hydrogen-bond donors (Lipinski definition) is 1. The van der Waals surface area contributed by atoms with Gasteiger partial charge < -0.3 is 5.32 Å². The van der Waals surface area contributed by atoms with E-state index in [-0.39, 0.29) is 6.04 Å². The number of likely N-dealkylation sites (N-methyl/N-ethyl adjacent to an activating group) is 1. The fourth-order valence-electron chi connectivity index (χ4n) is 1.65. The monoisotopic (exact) mass is 214 g/mol. The molecule has 0 aliphatic rings. The third-order valence-electron chi connectivity index (χ3n) is 2.52. The van der Waals surface area contributed by atoms with Crippen molar-refractivity contribution >= 4 is 0 Å². The minimum absolute atomic E-state index is 0.250. The van der Waals surface area contributed by atoms with Crippen LogP contribution in [0.1, 0.15) is 17.2 Å². The van der Waals surface area contributed by atoms with Gasteiger partial charge in [-0.15, -0.1) is 0 Å². The maximum Gasteiger partial charge on any atom is 0.0544 e. The van der Waals surface area contributed by atoms with E-state index in [2.05, 4.69) is 26.6 Å². The topological polar surface area (TPSA) is 50.7 Å². The van der Waals surface area contributed by atoms with E-state index in [0.717, 1.165) is 12.0 Å². The molecule has 0 aliphatic heterocycles. The van der Waals surface area contributed by atoms with Crippen LogP contribution in [0.15, 0.2) is 43.0 Å². The molecule has 4 heteroatoms. The van der Waals surface area contributed by atoms with E-state index in [1.165, 1.54) is 5.56 Å². The van der Waals surface area contributed by atoms with Crippen molar-refractivity contribution in [3.05, 3.63) is 54.1 Å². The van der Waals surface area contributed by atoms with Crippen LogP contribution in [-0.2, 0) is 6.42 Å². The van der Waals surface area contributed by atoms with Crippen molar-refractivity contribution in [2.24, 2.45) is 0 Å². The Bertz CT molecular complexity index is 416. The van der Waals surface area contributed by atoms with Crippen LogP contribution in [-0.4, -0.2) is 22.2 Å². The molecule has 2 aromatic rings. The van der Waals surface area contributed by atoms with Crippen molar-refractivity contribution in [2.45, 2.75) is 12.5 Å². The van der Waals surface area contributed by atoms with Gasteiger partial charge in [0.15, 0.2) is 0 Å². The fraction of sp³-hybridized carbons (Fsp3) is 0.250. The molecule has 16 heavy (non-hydrogen) atoms. The van der Waals surface area contributed by atoms with Crippen molar-refractivity contribution in [1.82, 2.24) is 20.5 Å². The van der Waals surface area contributed by atoms with Crippen molar-refractivity contribution < 1.29 is 0 Å². The molecule has 0 amide bonds. The second-order valence-electron chi connectivity index (χ2n) is 3.58. The van der Waals surface area contributed by atoms with Gasteiger partial charge in [0.25, 0.3) is 0 Å². The molecule has 82 valence electrons. The summed E-state index contributed by atoms with van der Waals surface area (Å²) in [6.07, 6.45) is 8.07. The smallest absolute Gasteiger partial charge is 0.0544 e. The molecule has 0 fully saturated rings. The molecule has 1 atom stereocenters. The minimum Gasteiger partial charge on any atom is -0.313 e. The summed E-state index contributed by atoms with van der Waals surface area (Å²) < 4.78 is 0. The summed E-state index contributed by atoms with van der Waals surface area (Å²) in [5.41, 5.74) is 2.35. The molecule has 0 bridgehead atoms. The molecule has 0 saturated carbocycles. The highest BCUT2D eigenvalue weighted by Gasteiger charge is 2.09. The van der Waals surface area contributed by atoms with Gasteiger partial charge in [-0.25, -0.2) is 0 Å². The van der Waals surface area contributed by atoms with Crippen molar-refractivity contribution in [1.29, 1.82) is 0 Å². The van der Waals surface area contributed by atoms with Gasteiger partial charge in [-0.1, -0.05) is 6.07 Å². The van der Waals surface area contributed by atoms with E-state index in [1.807, 2.05) is 25.4 Å². The van der Waals surface area contributed by atoms with Gasteiger partial charge in [0.2, 0.25) is 0 Å². The number of aromatic nitrogens is 3. The fourth-order valence-corrected chi connectivity index (χ4v) is 1.65. The van der Waals surface area contributed by atoms with E-state index in [1.54, 1.807) is 18.6 Å². The summed E-state index contributed by atoms with van der Waals surface area (Å²) in [6, 6.07) is 6.25. The molecule has 0 spiro atoms. The first-order chi connectivity index (χ1) is 7.90. The highest BCUT2D eigenvalue weighted by molar-refractivity contribution is 5.17. The summed E-state index contributed by atoms with van der Waals surface area (Å²) in [7, 11) is 1.95. The van der Waals surface area contributed by atoms with Crippen molar-refractivity contribution in [3.63, 3.8) is 0 Å². The standard InChI is InChI=1S/C12H14N4/c1-13-12(11-4-6-15-16-9-11)7-10-3-2-5-14-8-10/h2-6,8-9,12-13H,7H2,1H3. The van der Waals surface area contributed by atoms with Crippen LogP contribution >= 0.6 is 0 Å². The van der Waals surface area contributed by atoms with Crippen molar-refractivity contribution in [3.8, 4) is 0 Å². The van der Waals surface area contributed by atoms with E-state index in [0.29, 0.717) is 0 Å². The molecule has 2 rings (SSSR count). The van der Waals surface area contributed by atoms with Crippen molar-refractivity contribution in [2.75, 3.05) is 7.05 Å². The lowest BCUT2D eigenvalue weighted by atomic mass is 10.0. The molecule has 4 nitrogen and oxygen atoms in total. The SMILES string of the molecule is CNC(Cc1cccnc1)c1ccnnc1. The molecule has 0 radical (unpaired) electrons. The lowest BCUT2D eigenvalue weighted by Crippen LogP contribution is -2.19. The Morgan fingerprint density at radius 1 is 1.19 bits per heavy atom. The first-order valence-electron chi connectivity index (χ1n) is 5.23. The minimum atomic E-state index is 0.250. The molecular formula is C12H14N4. The van der Waals surface area contributed by atoms with Gasteiger partial charge in [0, 0.05) is 24.6 Å². The second kappa shape index (κ2) is 5.32. The van der Waals surface area contributed by atoms with Crippen LogP contribution in [0, 0.1) is 0 Å². The number of pyridine rings is 1. The van der Waals surface area contributed by atoms with E-state index in [4.69, 9.17) is 0 Å². The van der Waals surface area contributed by atoms with Gasteiger partial charge >= 0.3 is 0 Å². The maximum atomic E-state index is 4.11. The molecule has 0 aromatic carbocycles. The molecule has 1 unspecified atom stereocenters. The lowest BCUT2D eigenvalue weighted by molar-refractivity contribution is 0.587. The first kappa shape index (κ1) is 10.7. The molecule has 2 aromatic heterocycles. The van der Waals surface area contributed by atoms with Gasteiger partial charge in [0.1, 0.15) is 0 Å². The Hall–Kier alpha value is -1.81. The van der Waals surface area contributed by atoms with Gasteiger partial charge in [0.05, 0.1) is 6.20 Å². The predicted octanol–water partition coefficient (Wildman–Crippen LogP) is 1.37. The van der Waals surface area contributed by atoms with Crippen LogP contribution in [0.2, 0.25) is 0 Å². The predicted molar refractivity (Wildman–Crippen MR) is 61.8 cm³/mol. The average molecular weight is 214 g/mol. The van der Waals surface area contributed by atoms with Gasteiger partial charge in [-0.05, 0) is 36.7 Å². The zero-order chi connectivity index (χ0) is 11.2. The number of hydrogen-bond acceptors (Lipinski definition) is 4. The van der Waals surface area contributed by atoms with Crippen LogP contribution in [0.3, 0.4) is 0 Å². The Kier molecular flexibility index (Phi) is 3.56. The third-order valence-corrected chi connectivity index (χ3v) is 2.52.